The van der Waals surface area contributed by atoms with Crippen molar-refractivity contribution in [1.29, 1.82) is 0 Å². The smallest absolute Gasteiger partial charge is 0.321 e. The Balaban J connectivity index is 2.18. The lowest BCUT2D eigenvalue weighted by molar-refractivity contribution is -0.136. The Hall–Kier alpha value is -1.82. The SMILES string of the molecule is C[C@@H]1CC(=O)NC(S[C@H](C(=O)O)c2ccccc2)=N1. The molecule has 0 radical (unpaired) electrons. The number of nitrogens with one attached hydrogen (secondary N) is 1. The molecule has 0 saturated heterocycles. The molecule has 1 aromatic rings. The molecule has 19 heavy (non-hydrogen) atoms. The lowest BCUT2D eigenvalue weighted by Gasteiger charge is -2.20. The van der Waals surface area contributed by atoms with E-state index in [1.807, 2.05) is 13.0 Å². The fraction of sp³-hybridized carbons (Fsp3) is 0.308. The van der Waals surface area contributed by atoms with Crippen molar-refractivity contribution < 1.29 is 14.7 Å². The number of carboxylic acid groups (broad SMARTS) is 1. The number of aliphatic carboxylic acids is 1. The molecule has 2 N–H and O–H groups in total. The number of aliphatic imine (C=N–C) groups is 1. The summed E-state index contributed by atoms with van der Waals surface area (Å²) in [5.41, 5.74) is 0.676. The minimum atomic E-state index is -0.952. The lowest BCUT2D eigenvalue weighted by atomic mass is 10.1. The molecule has 0 bridgehead atoms. The number of hydrogen-bond donors (Lipinski definition) is 2. The molecular weight excluding hydrogens is 264 g/mol. The van der Waals surface area contributed by atoms with Crippen LogP contribution >= 0.6 is 11.8 Å². The van der Waals surface area contributed by atoms with Gasteiger partial charge in [-0.2, -0.15) is 0 Å². The van der Waals surface area contributed by atoms with Crippen molar-refractivity contribution in [3.8, 4) is 0 Å². The first-order valence-electron chi connectivity index (χ1n) is 5.88. The normalized spacial score (nSPS) is 20.4. The van der Waals surface area contributed by atoms with Gasteiger partial charge in [0.1, 0.15) is 5.25 Å². The topological polar surface area (TPSA) is 78.8 Å². The fourth-order valence-corrected chi connectivity index (χ4v) is 2.81. The van der Waals surface area contributed by atoms with E-state index in [0.29, 0.717) is 17.2 Å². The van der Waals surface area contributed by atoms with Gasteiger partial charge in [-0.3, -0.25) is 14.6 Å². The number of thioether (sulfide) groups is 1. The molecule has 1 aliphatic rings. The van der Waals surface area contributed by atoms with E-state index in [1.54, 1.807) is 24.3 Å². The fourth-order valence-electron chi connectivity index (χ4n) is 1.78. The summed E-state index contributed by atoms with van der Waals surface area (Å²) in [4.78, 5) is 27.0. The Labute approximate surface area is 115 Å². The highest BCUT2D eigenvalue weighted by Crippen LogP contribution is 2.30. The number of carbonyl (C=O) groups excluding carboxylic acids is 1. The van der Waals surface area contributed by atoms with Gasteiger partial charge in [-0.25, -0.2) is 0 Å². The van der Waals surface area contributed by atoms with Gasteiger partial charge in [0.05, 0.1) is 6.04 Å². The van der Waals surface area contributed by atoms with Crippen molar-refractivity contribution >= 4 is 28.8 Å². The molecule has 1 aromatic carbocycles. The average molecular weight is 278 g/mol. The van der Waals surface area contributed by atoms with Crippen LogP contribution in [0.15, 0.2) is 35.3 Å². The van der Waals surface area contributed by atoms with Crippen LogP contribution in [0.1, 0.15) is 24.2 Å². The predicted octanol–water partition coefficient (Wildman–Crippen LogP) is 1.81. The minimum Gasteiger partial charge on any atom is -0.480 e. The van der Waals surface area contributed by atoms with Gasteiger partial charge in [-0.15, -0.1) is 0 Å². The van der Waals surface area contributed by atoms with E-state index in [1.165, 1.54) is 0 Å². The van der Waals surface area contributed by atoms with Gasteiger partial charge in [0.25, 0.3) is 0 Å². The second-order valence-corrected chi connectivity index (χ2v) is 5.38. The summed E-state index contributed by atoms with van der Waals surface area (Å²) in [6.45, 7) is 1.83. The minimum absolute atomic E-state index is 0.110. The highest BCUT2D eigenvalue weighted by atomic mass is 32.2. The molecule has 1 heterocycles. The van der Waals surface area contributed by atoms with Crippen LogP contribution in [0.25, 0.3) is 0 Å². The largest absolute Gasteiger partial charge is 0.480 e. The zero-order valence-electron chi connectivity index (χ0n) is 10.4. The third-order valence-corrected chi connectivity index (χ3v) is 3.76. The maximum absolute atomic E-state index is 11.4. The highest BCUT2D eigenvalue weighted by molar-refractivity contribution is 8.14. The van der Waals surface area contributed by atoms with E-state index in [0.717, 1.165) is 11.8 Å². The van der Waals surface area contributed by atoms with E-state index >= 15 is 0 Å². The summed E-state index contributed by atoms with van der Waals surface area (Å²) in [7, 11) is 0. The third-order valence-electron chi connectivity index (χ3n) is 2.62. The summed E-state index contributed by atoms with van der Waals surface area (Å²) >= 11 is 1.05. The summed E-state index contributed by atoms with van der Waals surface area (Å²) in [5, 5.41) is 11.5. The third kappa shape index (κ3) is 3.57. The maximum Gasteiger partial charge on any atom is 0.321 e. The number of rotatable bonds is 3. The Morgan fingerprint density at radius 1 is 1.47 bits per heavy atom. The molecule has 0 fully saturated rings. The molecule has 0 aromatic heterocycles. The Kier molecular flexibility index (Phi) is 4.21. The van der Waals surface area contributed by atoms with Gasteiger partial charge in [-0.1, -0.05) is 42.1 Å². The van der Waals surface area contributed by atoms with Crippen LogP contribution < -0.4 is 5.32 Å². The zero-order valence-corrected chi connectivity index (χ0v) is 11.2. The number of benzene rings is 1. The van der Waals surface area contributed by atoms with Crippen LogP contribution in [0.4, 0.5) is 0 Å². The Morgan fingerprint density at radius 3 is 2.74 bits per heavy atom. The van der Waals surface area contributed by atoms with Gasteiger partial charge < -0.3 is 10.4 Å². The predicted molar refractivity (Wildman–Crippen MR) is 74.1 cm³/mol. The molecule has 1 amide bonds. The average Bonchev–Trinajstić information content (AvgIpc) is 2.35. The number of amides is 1. The standard InChI is InChI=1S/C13H14N2O3S/c1-8-7-10(16)15-13(14-8)19-11(12(17)18)9-5-3-2-4-6-9/h2-6,8,11H,7H2,1H3,(H,17,18)(H,14,15,16)/t8-,11+/m1/s1. The molecule has 1 aliphatic heterocycles. The van der Waals surface area contributed by atoms with Crippen LogP contribution in [0.5, 0.6) is 0 Å². The van der Waals surface area contributed by atoms with E-state index < -0.39 is 11.2 Å². The summed E-state index contributed by atoms with van der Waals surface area (Å²) in [5.74, 6) is -1.08. The molecule has 0 saturated carbocycles. The number of nitrogens with zero attached hydrogens (tertiary/aromatic N) is 1. The van der Waals surface area contributed by atoms with Crippen LogP contribution in [-0.2, 0) is 9.59 Å². The first kappa shape index (κ1) is 13.6. The Morgan fingerprint density at radius 2 is 2.16 bits per heavy atom. The highest BCUT2D eigenvalue weighted by Gasteiger charge is 2.26. The van der Waals surface area contributed by atoms with Gasteiger partial charge in [0, 0.05) is 6.42 Å². The summed E-state index contributed by atoms with van der Waals surface area (Å²) in [6.07, 6.45) is 0.340. The molecular formula is C13H14N2O3S. The van der Waals surface area contributed by atoms with Gasteiger partial charge >= 0.3 is 5.97 Å². The first-order valence-corrected chi connectivity index (χ1v) is 6.76. The van der Waals surface area contributed by atoms with Crippen molar-refractivity contribution in [2.24, 2.45) is 4.99 Å². The molecule has 0 spiro atoms. The van der Waals surface area contributed by atoms with Gasteiger partial charge in [-0.05, 0) is 12.5 Å². The molecule has 0 aliphatic carbocycles. The number of amidine groups is 1. The number of carboxylic acids is 1. The second kappa shape index (κ2) is 5.88. The van der Waals surface area contributed by atoms with Crippen LogP contribution in [0.3, 0.4) is 0 Å². The van der Waals surface area contributed by atoms with Crippen molar-refractivity contribution in [1.82, 2.24) is 5.32 Å². The van der Waals surface area contributed by atoms with Gasteiger partial charge in [0.15, 0.2) is 5.17 Å². The van der Waals surface area contributed by atoms with E-state index in [4.69, 9.17) is 0 Å². The monoisotopic (exact) mass is 278 g/mol. The van der Waals surface area contributed by atoms with Crippen molar-refractivity contribution in [2.45, 2.75) is 24.6 Å². The lowest BCUT2D eigenvalue weighted by Crippen LogP contribution is -2.36. The van der Waals surface area contributed by atoms with Crippen LogP contribution in [-0.4, -0.2) is 28.2 Å². The van der Waals surface area contributed by atoms with Crippen LogP contribution in [0.2, 0.25) is 0 Å². The van der Waals surface area contributed by atoms with E-state index in [9.17, 15) is 14.7 Å². The molecule has 2 rings (SSSR count). The van der Waals surface area contributed by atoms with Crippen LogP contribution in [0, 0.1) is 0 Å². The quantitative estimate of drug-likeness (QED) is 0.883. The number of hydrogen-bond acceptors (Lipinski definition) is 4. The molecule has 100 valence electrons. The van der Waals surface area contributed by atoms with Crippen molar-refractivity contribution in [3.63, 3.8) is 0 Å². The molecule has 5 nitrogen and oxygen atoms in total. The first-order chi connectivity index (χ1) is 9.06. The summed E-state index contributed by atoms with van der Waals surface area (Å²) < 4.78 is 0. The summed E-state index contributed by atoms with van der Waals surface area (Å²) in [6, 6.07) is 8.79. The molecule has 6 heteroatoms. The van der Waals surface area contributed by atoms with Crippen molar-refractivity contribution in [3.05, 3.63) is 35.9 Å². The molecule has 2 atom stereocenters. The Bertz CT molecular complexity index is 516. The van der Waals surface area contributed by atoms with E-state index in [-0.39, 0.29) is 11.9 Å². The van der Waals surface area contributed by atoms with Gasteiger partial charge in [0.2, 0.25) is 5.91 Å². The van der Waals surface area contributed by atoms with E-state index in [2.05, 4.69) is 10.3 Å². The van der Waals surface area contributed by atoms with Crippen molar-refractivity contribution in [2.75, 3.05) is 0 Å². The zero-order chi connectivity index (χ0) is 13.8. The molecule has 0 unspecified atom stereocenters. The second-order valence-electron chi connectivity index (χ2n) is 4.28. The maximum atomic E-state index is 11.4. The number of carbonyl (C=O) groups is 2.